The molecule has 1 heterocycles. The predicted molar refractivity (Wildman–Crippen MR) is 82.4 cm³/mol. The zero-order valence-electron chi connectivity index (χ0n) is 13.9. The van der Waals surface area contributed by atoms with E-state index in [9.17, 15) is 44.7 Å². The molecule has 0 aromatic rings. The molecular weight excluding hydrogens is 408 g/mol. The molecule has 0 radical (unpaired) electrons. The van der Waals surface area contributed by atoms with Gasteiger partial charge in [-0.25, -0.2) is 0 Å². The van der Waals surface area contributed by atoms with E-state index in [1.54, 1.807) is 0 Å². The van der Waals surface area contributed by atoms with Gasteiger partial charge in [0, 0.05) is 6.92 Å². The summed E-state index contributed by atoms with van der Waals surface area (Å²) in [7, 11) is 0. The molecule has 11 heteroatoms. The third kappa shape index (κ3) is 2.17. The molecule has 142 valence electrons. The van der Waals surface area contributed by atoms with E-state index in [4.69, 9.17) is 4.74 Å². The minimum Gasteiger partial charge on any atom is -0.392 e. The molecule has 0 aromatic heterocycles. The molecule has 0 bridgehead atoms. The van der Waals surface area contributed by atoms with Crippen LogP contribution in [0.4, 0.5) is 0 Å². The smallest absolute Gasteiger partial charge is 0.268 e. The van der Waals surface area contributed by atoms with Crippen LogP contribution in [0.1, 0.15) is 27.7 Å². The average molecular weight is 427 g/mol. The normalized spacial score (nSPS) is 44.2. The third-order valence-electron chi connectivity index (χ3n) is 4.60. The number of carbonyl (C=O) groups excluding carboxylic acids is 4. The fourth-order valence-electron chi connectivity index (χ4n) is 3.15. The zero-order chi connectivity index (χ0) is 20.2. The highest BCUT2D eigenvalue weighted by atomic mass is 79.9. The maximum atomic E-state index is 12.2. The first-order valence-electron chi connectivity index (χ1n) is 6.98. The molecule has 1 saturated heterocycles. The highest BCUT2D eigenvalue weighted by molar-refractivity contribution is 9.10. The molecule has 1 aliphatic rings. The number of hydrogen-bond donors (Lipinski definition) is 5. The van der Waals surface area contributed by atoms with Crippen molar-refractivity contribution < 1.29 is 49.4 Å². The zero-order valence-corrected chi connectivity index (χ0v) is 15.4. The number of aliphatic hydroxyl groups is 5. The van der Waals surface area contributed by atoms with Crippen molar-refractivity contribution in [2.24, 2.45) is 0 Å². The number of ketones is 4. The summed E-state index contributed by atoms with van der Waals surface area (Å²) < 4.78 is 2.08. The maximum Gasteiger partial charge on any atom is 0.268 e. The van der Waals surface area contributed by atoms with Crippen molar-refractivity contribution in [1.82, 2.24) is 0 Å². The number of rotatable bonds is 5. The lowest BCUT2D eigenvalue weighted by atomic mass is 9.57. The van der Waals surface area contributed by atoms with E-state index in [1.807, 2.05) is 0 Å². The molecule has 5 N–H and O–H groups in total. The van der Waals surface area contributed by atoms with Crippen molar-refractivity contribution in [2.45, 2.75) is 54.8 Å². The van der Waals surface area contributed by atoms with Crippen LogP contribution >= 0.6 is 15.9 Å². The van der Waals surface area contributed by atoms with E-state index in [0.717, 1.165) is 0 Å². The van der Waals surface area contributed by atoms with Gasteiger partial charge in [0.25, 0.3) is 5.79 Å². The van der Waals surface area contributed by atoms with Crippen LogP contribution in [0.5, 0.6) is 0 Å². The number of hydrogen-bond acceptors (Lipinski definition) is 10. The Balaban J connectivity index is 4.19. The van der Waals surface area contributed by atoms with Crippen LogP contribution in [0, 0.1) is 0 Å². The van der Waals surface area contributed by atoms with Crippen molar-refractivity contribution in [3.8, 4) is 0 Å². The van der Waals surface area contributed by atoms with Crippen LogP contribution < -0.4 is 0 Å². The molecule has 0 aliphatic carbocycles. The molecule has 1 aliphatic heterocycles. The molecule has 5 atom stereocenters. The second kappa shape index (κ2) is 5.98. The first-order valence-corrected chi connectivity index (χ1v) is 7.77. The fourth-order valence-corrected chi connectivity index (χ4v) is 3.95. The fraction of sp³-hybridized carbons (Fsp3) is 0.714. The number of Topliss-reactive ketones (excluding diaryl/α,β-unsaturated/α-hetero) is 4. The molecule has 1 rings (SSSR count). The summed E-state index contributed by atoms with van der Waals surface area (Å²) in [5.74, 6) is -9.50. The molecule has 25 heavy (non-hydrogen) atoms. The largest absolute Gasteiger partial charge is 0.392 e. The minimum absolute atomic E-state index is 0.603. The minimum atomic E-state index is -3.76. The molecule has 1 unspecified atom stereocenters. The van der Waals surface area contributed by atoms with E-state index < -0.39 is 56.8 Å². The van der Waals surface area contributed by atoms with Crippen LogP contribution in [-0.2, 0) is 23.9 Å². The number of alkyl halides is 1. The van der Waals surface area contributed by atoms with Gasteiger partial charge in [-0.2, -0.15) is 0 Å². The SMILES string of the molecule is CC(=O)C1(O)O[C@@](Br)(CO)[C@@](O)(C(C)=O)[C@](O)(C(C)=O)[C@@]1(O)C(C)=O. The molecule has 0 amide bonds. The van der Waals surface area contributed by atoms with E-state index in [2.05, 4.69) is 15.9 Å². The van der Waals surface area contributed by atoms with Crippen molar-refractivity contribution in [3.05, 3.63) is 0 Å². The van der Waals surface area contributed by atoms with Gasteiger partial charge < -0.3 is 30.3 Å². The highest BCUT2D eigenvalue weighted by Crippen LogP contribution is 2.56. The van der Waals surface area contributed by atoms with Gasteiger partial charge >= 0.3 is 0 Å². The molecule has 0 aromatic carbocycles. The quantitative estimate of drug-likeness (QED) is 0.291. The Morgan fingerprint density at radius 3 is 1.36 bits per heavy atom. The summed E-state index contributed by atoms with van der Waals surface area (Å²) in [6.45, 7) is 1.21. The molecule has 0 saturated carbocycles. The third-order valence-corrected chi connectivity index (χ3v) is 5.58. The van der Waals surface area contributed by atoms with E-state index >= 15 is 0 Å². The van der Waals surface area contributed by atoms with Crippen LogP contribution in [0.15, 0.2) is 0 Å². The van der Waals surface area contributed by atoms with Gasteiger partial charge in [0.2, 0.25) is 16.8 Å². The van der Waals surface area contributed by atoms with Gasteiger partial charge in [-0.15, -0.1) is 0 Å². The summed E-state index contributed by atoms with van der Waals surface area (Å²) >= 11 is 2.62. The molecule has 10 nitrogen and oxygen atoms in total. The van der Waals surface area contributed by atoms with Gasteiger partial charge in [0.05, 0.1) is 6.61 Å². The lowest BCUT2D eigenvalue weighted by molar-refractivity contribution is -0.397. The van der Waals surface area contributed by atoms with Crippen LogP contribution in [0.2, 0.25) is 0 Å². The lowest BCUT2D eigenvalue weighted by Gasteiger charge is -2.62. The molecule has 0 spiro atoms. The second-order valence-corrected chi connectivity index (χ2v) is 7.27. The van der Waals surface area contributed by atoms with Crippen molar-refractivity contribution >= 4 is 39.1 Å². The van der Waals surface area contributed by atoms with Gasteiger partial charge in [0.15, 0.2) is 27.6 Å². The van der Waals surface area contributed by atoms with E-state index in [0.29, 0.717) is 27.7 Å². The van der Waals surface area contributed by atoms with E-state index in [1.165, 1.54) is 0 Å². The van der Waals surface area contributed by atoms with Gasteiger partial charge in [-0.05, 0) is 36.7 Å². The van der Waals surface area contributed by atoms with Gasteiger partial charge in [0.1, 0.15) is 0 Å². The molecular formula is C14H19BrO10. The van der Waals surface area contributed by atoms with Crippen LogP contribution in [0.3, 0.4) is 0 Å². The van der Waals surface area contributed by atoms with E-state index in [-0.39, 0.29) is 0 Å². The summed E-state index contributed by atoms with van der Waals surface area (Å²) in [6.07, 6.45) is 0. The number of halogens is 1. The Hall–Kier alpha value is -1.08. The van der Waals surface area contributed by atoms with Crippen molar-refractivity contribution in [3.63, 3.8) is 0 Å². The Morgan fingerprint density at radius 1 is 0.760 bits per heavy atom. The van der Waals surface area contributed by atoms with Crippen LogP contribution in [0.25, 0.3) is 0 Å². The second-order valence-electron chi connectivity index (χ2n) is 5.99. The summed E-state index contributed by atoms with van der Waals surface area (Å²) in [5.41, 5.74) is -11.0. The standard InChI is InChI=1S/C14H19BrO10/c1-6(17)11(21)10(15,5-16)25-14(24,9(4)20)13(23,8(3)19)12(11,22)7(2)18/h16,21-24H,5H2,1-4H3/t10-,11-,12+,13-,14?/m0/s1. The topological polar surface area (TPSA) is 179 Å². The molecule has 1 fully saturated rings. The summed E-state index contributed by atoms with van der Waals surface area (Å²) in [5, 5.41) is 52.8. The first kappa shape index (κ1) is 22.0. The Labute approximate surface area is 150 Å². The number of ether oxygens (including phenoxy) is 1. The number of carbonyl (C=O) groups is 4. The summed E-state index contributed by atoms with van der Waals surface area (Å²) in [4.78, 5) is 48.4. The average Bonchev–Trinajstić information content (AvgIpc) is 2.49. The first-order chi connectivity index (χ1) is 11.0. The predicted octanol–water partition coefficient (Wildman–Crippen LogP) is -2.66. The Bertz CT molecular complexity index is 664. The monoisotopic (exact) mass is 426 g/mol. The lowest BCUT2D eigenvalue weighted by Crippen LogP contribution is -2.92. The number of aliphatic hydroxyl groups excluding tert-OH is 1. The van der Waals surface area contributed by atoms with Gasteiger partial charge in [-0.1, -0.05) is 0 Å². The summed E-state index contributed by atoms with van der Waals surface area (Å²) in [6, 6.07) is 0. The van der Waals surface area contributed by atoms with Crippen LogP contribution in [-0.4, -0.2) is 82.4 Å². The Kier molecular flexibility index (Phi) is 5.25. The maximum absolute atomic E-state index is 12.2. The van der Waals surface area contributed by atoms with Crippen molar-refractivity contribution in [2.75, 3.05) is 6.61 Å². The van der Waals surface area contributed by atoms with Gasteiger partial charge in [-0.3, -0.25) is 19.2 Å². The highest BCUT2D eigenvalue weighted by Gasteiger charge is 2.87. The Morgan fingerprint density at radius 2 is 1.12 bits per heavy atom. The van der Waals surface area contributed by atoms with Crippen molar-refractivity contribution in [1.29, 1.82) is 0 Å².